The monoisotopic (exact) mass is 260 g/mol. The number of benzene rings is 1. The second kappa shape index (κ2) is 5.67. The van der Waals surface area contributed by atoms with Gasteiger partial charge in [-0.2, -0.15) is 0 Å². The Bertz CT molecular complexity index is 594. The predicted octanol–water partition coefficient (Wildman–Crippen LogP) is 1.92. The zero-order valence-corrected chi connectivity index (χ0v) is 10.9. The average Bonchev–Trinajstić information content (AvgIpc) is 3.20. The number of nitrogens with one attached hydrogen (secondary N) is 1. The van der Waals surface area contributed by atoms with Gasteiger partial charge in [-0.05, 0) is 25.1 Å². The molecule has 0 aliphatic carbocycles. The Kier molecular flexibility index (Phi) is 3.97. The highest BCUT2D eigenvalue weighted by atomic mass is 16.5. The lowest BCUT2D eigenvalue weighted by atomic mass is 10.1. The van der Waals surface area contributed by atoms with Crippen LogP contribution >= 0.6 is 0 Å². The van der Waals surface area contributed by atoms with E-state index in [0.717, 1.165) is 16.9 Å². The largest absolute Gasteiger partial charge is 0.497 e. The number of carbonyl (C=O) groups is 1. The van der Waals surface area contributed by atoms with E-state index in [4.69, 9.17) is 9.84 Å². The first-order valence-electron chi connectivity index (χ1n) is 6.00. The molecular formula is C14H16N2O3. The standard InChI is InChI=1S/C11H9NO3.C3H7N/c1-15-9-3-2-7-4-8(11(13)14)6-12-10(7)5-9;1-3-2-4-3/h2-6H,1H3,(H,13,14);3-4H,2H2,1H3. The van der Waals surface area contributed by atoms with Crippen LogP contribution in [0.4, 0.5) is 0 Å². The summed E-state index contributed by atoms with van der Waals surface area (Å²) >= 11 is 0. The van der Waals surface area contributed by atoms with Crippen molar-refractivity contribution in [1.82, 2.24) is 10.3 Å². The van der Waals surface area contributed by atoms with E-state index in [1.54, 1.807) is 31.4 Å². The number of fused-ring (bicyclic) bond motifs is 1. The fourth-order valence-corrected chi connectivity index (χ4v) is 1.46. The molecule has 5 nitrogen and oxygen atoms in total. The van der Waals surface area contributed by atoms with Crippen LogP contribution in [-0.4, -0.2) is 35.8 Å². The van der Waals surface area contributed by atoms with Crippen LogP contribution in [0.1, 0.15) is 17.3 Å². The molecule has 1 aromatic carbocycles. The molecule has 0 saturated carbocycles. The van der Waals surface area contributed by atoms with E-state index in [9.17, 15) is 4.79 Å². The van der Waals surface area contributed by atoms with E-state index >= 15 is 0 Å². The van der Waals surface area contributed by atoms with Gasteiger partial charge in [-0.15, -0.1) is 0 Å². The number of aromatic carboxylic acids is 1. The summed E-state index contributed by atoms with van der Waals surface area (Å²) in [5.41, 5.74) is 0.909. The van der Waals surface area contributed by atoms with Crippen LogP contribution in [-0.2, 0) is 0 Å². The van der Waals surface area contributed by atoms with Crippen molar-refractivity contribution in [3.8, 4) is 5.75 Å². The average molecular weight is 260 g/mol. The molecule has 5 heteroatoms. The number of ether oxygens (including phenoxy) is 1. The highest BCUT2D eigenvalue weighted by Gasteiger charge is 2.10. The smallest absolute Gasteiger partial charge is 0.337 e. The molecule has 1 aliphatic heterocycles. The maximum Gasteiger partial charge on any atom is 0.337 e. The van der Waals surface area contributed by atoms with Gasteiger partial charge in [-0.1, -0.05) is 0 Å². The van der Waals surface area contributed by atoms with E-state index in [0.29, 0.717) is 5.75 Å². The van der Waals surface area contributed by atoms with Crippen molar-refractivity contribution in [3.05, 3.63) is 36.0 Å². The van der Waals surface area contributed by atoms with Gasteiger partial charge in [0.05, 0.1) is 18.2 Å². The number of methoxy groups -OCH3 is 1. The van der Waals surface area contributed by atoms with Gasteiger partial charge >= 0.3 is 5.97 Å². The van der Waals surface area contributed by atoms with Gasteiger partial charge < -0.3 is 15.2 Å². The van der Waals surface area contributed by atoms with Crippen molar-refractivity contribution in [2.75, 3.05) is 13.7 Å². The first-order valence-corrected chi connectivity index (χ1v) is 6.00. The van der Waals surface area contributed by atoms with Crippen LogP contribution in [0, 0.1) is 0 Å². The molecule has 19 heavy (non-hydrogen) atoms. The number of carboxylic acids is 1. The summed E-state index contributed by atoms with van der Waals surface area (Å²) in [6.07, 6.45) is 1.34. The van der Waals surface area contributed by atoms with Crippen LogP contribution in [0.5, 0.6) is 5.75 Å². The molecule has 0 amide bonds. The minimum Gasteiger partial charge on any atom is -0.497 e. The molecule has 1 atom stereocenters. The molecule has 0 bridgehead atoms. The summed E-state index contributed by atoms with van der Waals surface area (Å²) in [6, 6.07) is 7.74. The molecule has 1 saturated heterocycles. The van der Waals surface area contributed by atoms with Crippen molar-refractivity contribution in [2.24, 2.45) is 0 Å². The van der Waals surface area contributed by atoms with Gasteiger partial charge in [0.15, 0.2) is 0 Å². The fourth-order valence-electron chi connectivity index (χ4n) is 1.46. The number of rotatable bonds is 2. The quantitative estimate of drug-likeness (QED) is 0.806. The van der Waals surface area contributed by atoms with Crippen molar-refractivity contribution >= 4 is 16.9 Å². The maximum absolute atomic E-state index is 10.7. The molecular weight excluding hydrogens is 244 g/mol. The first kappa shape index (κ1) is 13.3. The number of pyridine rings is 1. The summed E-state index contributed by atoms with van der Waals surface area (Å²) in [5, 5.41) is 12.7. The number of hydrogen-bond donors (Lipinski definition) is 2. The van der Waals surface area contributed by atoms with Gasteiger partial charge in [0.25, 0.3) is 0 Å². The highest BCUT2D eigenvalue weighted by molar-refractivity contribution is 5.92. The second-order valence-electron chi connectivity index (χ2n) is 4.40. The third-order valence-electron chi connectivity index (χ3n) is 2.75. The first-order chi connectivity index (χ1) is 9.10. The molecule has 0 radical (unpaired) electrons. The Morgan fingerprint density at radius 3 is 2.68 bits per heavy atom. The topological polar surface area (TPSA) is 81.4 Å². The molecule has 2 heterocycles. The minimum atomic E-state index is -0.972. The summed E-state index contributed by atoms with van der Waals surface area (Å²) in [7, 11) is 1.58. The van der Waals surface area contributed by atoms with E-state index in [2.05, 4.69) is 17.2 Å². The fraction of sp³-hybridized carbons (Fsp3) is 0.286. The molecule has 1 aromatic heterocycles. The Balaban J connectivity index is 0.000000284. The van der Waals surface area contributed by atoms with Gasteiger partial charge in [0.1, 0.15) is 5.75 Å². The van der Waals surface area contributed by atoms with E-state index in [1.165, 1.54) is 12.7 Å². The molecule has 2 N–H and O–H groups in total. The van der Waals surface area contributed by atoms with Crippen LogP contribution < -0.4 is 10.1 Å². The Hall–Kier alpha value is -2.14. The van der Waals surface area contributed by atoms with Gasteiger partial charge in [-0.25, -0.2) is 4.79 Å². The third-order valence-corrected chi connectivity index (χ3v) is 2.75. The molecule has 0 spiro atoms. The highest BCUT2D eigenvalue weighted by Crippen LogP contribution is 2.19. The normalized spacial score (nSPS) is 16.4. The van der Waals surface area contributed by atoms with E-state index in [1.807, 2.05) is 0 Å². The van der Waals surface area contributed by atoms with Crippen LogP contribution in [0.2, 0.25) is 0 Å². The summed E-state index contributed by atoms with van der Waals surface area (Å²) in [6.45, 7) is 3.40. The lowest BCUT2D eigenvalue weighted by molar-refractivity contribution is 0.0696. The molecule has 2 aromatic rings. The van der Waals surface area contributed by atoms with Crippen LogP contribution in [0.3, 0.4) is 0 Å². The number of hydrogen-bond acceptors (Lipinski definition) is 4. The summed E-state index contributed by atoms with van der Waals surface area (Å²) in [5.74, 6) is -0.265. The Morgan fingerprint density at radius 2 is 2.16 bits per heavy atom. The molecule has 1 aliphatic rings. The minimum absolute atomic E-state index is 0.188. The number of nitrogens with zero attached hydrogens (tertiary/aromatic N) is 1. The van der Waals surface area contributed by atoms with Gasteiger partial charge in [0.2, 0.25) is 0 Å². The van der Waals surface area contributed by atoms with E-state index < -0.39 is 5.97 Å². The number of aromatic nitrogens is 1. The zero-order chi connectivity index (χ0) is 13.8. The summed E-state index contributed by atoms with van der Waals surface area (Å²) < 4.78 is 5.04. The van der Waals surface area contributed by atoms with Crippen molar-refractivity contribution in [2.45, 2.75) is 13.0 Å². The molecule has 1 unspecified atom stereocenters. The molecule has 3 rings (SSSR count). The predicted molar refractivity (Wildman–Crippen MR) is 72.7 cm³/mol. The lowest BCUT2D eigenvalue weighted by Crippen LogP contribution is -1.97. The lowest BCUT2D eigenvalue weighted by Gasteiger charge is -2.02. The Labute approximate surface area is 111 Å². The van der Waals surface area contributed by atoms with Crippen LogP contribution in [0.25, 0.3) is 10.9 Å². The Morgan fingerprint density at radius 1 is 1.47 bits per heavy atom. The zero-order valence-electron chi connectivity index (χ0n) is 10.9. The van der Waals surface area contributed by atoms with Crippen molar-refractivity contribution in [3.63, 3.8) is 0 Å². The SMILES string of the molecule is CC1CN1.COc1ccc2cc(C(=O)O)cnc2c1. The summed E-state index contributed by atoms with van der Waals surface area (Å²) in [4.78, 5) is 14.8. The second-order valence-corrected chi connectivity index (χ2v) is 4.40. The van der Waals surface area contributed by atoms with E-state index in [-0.39, 0.29) is 5.56 Å². The molecule has 100 valence electrons. The third kappa shape index (κ3) is 3.66. The van der Waals surface area contributed by atoms with Gasteiger partial charge in [-0.3, -0.25) is 4.98 Å². The van der Waals surface area contributed by atoms with Crippen molar-refractivity contribution in [1.29, 1.82) is 0 Å². The van der Waals surface area contributed by atoms with Crippen LogP contribution in [0.15, 0.2) is 30.5 Å². The van der Waals surface area contributed by atoms with Gasteiger partial charge in [0, 0.05) is 30.2 Å². The van der Waals surface area contributed by atoms with Crippen molar-refractivity contribution < 1.29 is 14.6 Å². The number of carboxylic acid groups (broad SMARTS) is 1. The maximum atomic E-state index is 10.7. The molecule has 1 fully saturated rings.